The summed E-state index contributed by atoms with van der Waals surface area (Å²) in [5.41, 5.74) is 4.73. The Morgan fingerprint density at radius 2 is 1.68 bits per heavy atom. The van der Waals surface area contributed by atoms with Gasteiger partial charge in [0.2, 0.25) is 0 Å². The largest absolute Gasteiger partial charge is 0.338 e. The SMILES string of the molecule is c1ccc(Nc2nn(-c3ccccc3)c3c2CNCC3)cc1. The van der Waals surface area contributed by atoms with E-state index in [2.05, 4.69) is 51.7 Å². The predicted molar refractivity (Wildman–Crippen MR) is 88.7 cm³/mol. The molecule has 2 N–H and O–H groups in total. The minimum absolute atomic E-state index is 0.858. The fourth-order valence-corrected chi connectivity index (χ4v) is 2.89. The summed E-state index contributed by atoms with van der Waals surface area (Å²) < 4.78 is 2.07. The number of hydrogen-bond donors (Lipinski definition) is 2. The van der Waals surface area contributed by atoms with Crippen LogP contribution >= 0.6 is 0 Å². The normalized spacial score (nSPS) is 13.6. The molecular formula is C18H18N4. The summed E-state index contributed by atoms with van der Waals surface area (Å²) in [6.07, 6.45) is 0.994. The third-order valence-electron chi connectivity index (χ3n) is 3.97. The molecule has 4 heteroatoms. The monoisotopic (exact) mass is 290 g/mol. The molecule has 0 amide bonds. The van der Waals surface area contributed by atoms with Crippen LogP contribution in [0.4, 0.5) is 11.5 Å². The van der Waals surface area contributed by atoms with Crippen molar-refractivity contribution in [2.75, 3.05) is 11.9 Å². The fourth-order valence-electron chi connectivity index (χ4n) is 2.89. The van der Waals surface area contributed by atoms with Gasteiger partial charge in [0.25, 0.3) is 0 Å². The summed E-state index contributed by atoms with van der Waals surface area (Å²) in [6, 6.07) is 20.5. The molecule has 0 bridgehead atoms. The molecule has 4 nitrogen and oxygen atoms in total. The average molecular weight is 290 g/mol. The van der Waals surface area contributed by atoms with Crippen molar-refractivity contribution in [3.8, 4) is 5.69 Å². The topological polar surface area (TPSA) is 41.9 Å². The quantitative estimate of drug-likeness (QED) is 0.778. The van der Waals surface area contributed by atoms with Gasteiger partial charge in [-0.1, -0.05) is 36.4 Å². The van der Waals surface area contributed by atoms with Gasteiger partial charge in [0.05, 0.1) is 11.4 Å². The lowest BCUT2D eigenvalue weighted by molar-refractivity contribution is 0.623. The summed E-state index contributed by atoms with van der Waals surface area (Å²) in [5, 5.41) is 11.7. The summed E-state index contributed by atoms with van der Waals surface area (Å²) in [7, 11) is 0. The van der Waals surface area contributed by atoms with E-state index in [1.165, 1.54) is 11.3 Å². The lowest BCUT2D eigenvalue weighted by Crippen LogP contribution is -2.24. The predicted octanol–water partition coefficient (Wildman–Crippen LogP) is 3.26. The number of aromatic nitrogens is 2. The maximum Gasteiger partial charge on any atom is 0.157 e. The van der Waals surface area contributed by atoms with E-state index in [1.807, 2.05) is 24.3 Å². The second kappa shape index (κ2) is 5.66. The first-order valence-corrected chi connectivity index (χ1v) is 7.61. The molecule has 2 aromatic carbocycles. The van der Waals surface area contributed by atoms with Gasteiger partial charge < -0.3 is 10.6 Å². The minimum atomic E-state index is 0.858. The minimum Gasteiger partial charge on any atom is -0.338 e. The van der Waals surface area contributed by atoms with Crippen molar-refractivity contribution in [2.24, 2.45) is 0 Å². The molecule has 22 heavy (non-hydrogen) atoms. The molecule has 1 aliphatic rings. The van der Waals surface area contributed by atoms with Crippen LogP contribution in [0.25, 0.3) is 5.69 Å². The lowest BCUT2D eigenvalue weighted by atomic mass is 10.1. The summed E-state index contributed by atoms with van der Waals surface area (Å²) in [6.45, 7) is 1.85. The first-order valence-electron chi connectivity index (χ1n) is 7.61. The van der Waals surface area contributed by atoms with Crippen LogP contribution in [-0.2, 0) is 13.0 Å². The number of fused-ring (bicyclic) bond motifs is 1. The van der Waals surface area contributed by atoms with Crippen molar-refractivity contribution >= 4 is 11.5 Å². The van der Waals surface area contributed by atoms with E-state index < -0.39 is 0 Å². The van der Waals surface area contributed by atoms with Gasteiger partial charge in [-0.25, -0.2) is 4.68 Å². The van der Waals surface area contributed by atoms with Gasteiger partial charge in [0.1, 0.15) is 0 Å². The van der Waals surface area contributed by atoms with E-state index in [0.29, 0.717) is 0 Å². The van der Waals surface area contributed by atoms with Gasteiger partial charge in [-0.2, -0.15) is 0 Å². The molecule has 0 aliphatic carbocycles. The number of rotatable bonds is 3. The molecule has 0 atom stereocenters. The van der Waals surface area contributed by atoms with Gasteiger partial charge in [0, 0.05) is 30.8 Å². The molecule has 3 aromatic rings. The Bertz CT molecular complexity index is 763. The second-order valence-corrected chi connectivity index (χ2v) is 5.44. The maximum absolute atomic E-state index is 4.82. The summed E-state index contributed by atoms with van der Waals surface area (Å²) >= 11 is 0. The molecule has 0 radical (unpaired) electrons. The van der Waals surface area contributed by atoms with Crippen molar-refractivity contribution in [1.29, 1.82) is 0 Å². The van der Waals surface area contributed by atoms with Gasteiger partial charge in [-0.05, 0) is 24.3 Å². The molecule has 0 spiro atoms. The number of benzene rings is 2. The van der Waals surface area contributed by atoms with Crippen LogP contribution in [0.3, 0.4) is 0 Å². The van der Waals surface area contributed by atoms with Crippen molar-refractivity contribution in [3.63, 3.8) is 0 Å². The highest BCUT2D eigenvalue weighted by Gasteiger charge is 2.21. The average Bonchev–Trinajstić information content (AvgIpc) is 2.96. The van der Waals surface area contributed by atoms with Crippen molar-refractivity contribution < 1.29 is 0 Å². The zero-order valence-electron chi connectivity index (χ0n) is 12.3. The van der Waals surface area contributed by atoms with Crippen molar-refractivity contribution in [2.45, 2.75) is 13.0 Å². The number of anilines is 2. The third kappa shape index (κ3) is 2.38. The lowest BCUT2D eigenvalue weighted by Gasteiger charge is -2.15. The molecule has 0 unspecified atom stereocenters. The third-order valence-corrected chi connectivity index (χ3v) is 3.97. The van der Waals surface area contributed by atoms with Crippen molar-refractivity contribution in [3.05, 3.63) is 71.9 Å². The molecule has 4 rings (SSSR count). The van der Waals surface area contributed by atoms with Crippen LogP contribution in [0.2, 0.25) is 0 Å². The van der Waals surface area contributed by atoms with Crippen LogP contribution in [-0.4, -0.2) is 16.3 Å². The van der Waals surface area contributed by atoms with Crippen LogP contribution in [0, 0.1) is 0 Å². The molecule has 2 heterocycles. The number of nitrogens with zero attached hydrogens (tertiary/aromatic N) is 2. The first-order chi connectivity index (χ1) is 10.9. The van der Waals surface area contributed by atoms with Gasteiger partial charge in [-0.3, -0.25) is 0 Å². The second-order valence-electron chi connectivity index (χ2n) is 5.44. The zero-order chi connectivity index (χ0) is 14.8. The van der Waals surface area contributed by atoms with Crippen LogP contribution in [0.15, 0.2) is 60.7 Å². The first kappa shape index (κ1) is 13.1. The van der Waals surface area contributed by atoms with E-state index in [1.54, 1.807) is 0 Å². The standard InChI is InChI=1S/C18H18N4/c1-3-7-14(8-4-1)20-18-16-13-19-12-11-17(16)22(21-18)15-9-5-2-6-10-15/h1-10,19H,11-13H2,(H,20,21). The zero-order valence-corrected chi connectivity index (χ0v) is 12.3. The molecule has 0 saturated carbocycles. The molecule has 1 aliphatic heterocycles. The van der Waals surface area contributed by atoms with E-state index >= 15 is 0 Å². The highest BCUT2D eigenvalue weighted by Crippen LogP contribution is 2.27. The van der Waals surface area contributed by atoms with E-state index in [-0.39, 0.29) is 0 Å². The summed E-state index contributed by atoms with van der Waals surface area (Å²) in [4.78, 5) is 0. The van der Waals surface area contributed by atoms with E-state index in [9.17, 15) is 0 Å². The Morgan fingerprint density at radius 3 is 2.45 bits per heavy atom. The van der Waals surface area contributed by atoms with E-state index in [4.69, 9.17) is 5.10 Å². The van der Waals surface area contributed by atoms with Crippen molar-refractivity contribution in [1.82, 2.24) is 15.1 Å². The number of hydrogen-bond acceptors (Lipinski definition) is 3. The number of nitrogens with one attached hydrogen (secondary N) is 2. The van der Waals surface area contributed by atoms with Crippen LogP contribution in [0.5, 0.6) is 0 Å². The Balaban J connectivity index is 1.78. The Morgan fingerprint density at radius 1 is 0.955 bits per heavy atom. The van der Waals surface area contributed by atoms with Gasteiger partial charge in [-0.15, -0.1) is 5.10 Å². The fraction of sp³-hybridized carbons (Fsp3) is 0.167. The maximum atomic E-state index is 4.82. The van der Waals surface area contributed by atoms with Crippen LogP contribution in [0.1, 0.15) is 11.3 Å². The highest BCUT2D eigenvalue weighted by molar-refractivity contribution is 5.61. The Kier molecular flexibility index (Phi) is 3.37. The molecule has 0 saturated heterocycles. The summed E-state index contributed by atoms with van der Waals surface area (Å²) in [5.74, 6) is 0.942. The molecule has 1 aromatic heterocycles. The molecular weight excluding hydrogens is 272 g/mol. The van der Waals surface area contributed by atoms with E-state index in [0.717, 1.165) is 36.7 Å². The Labute approximate surface area is 129 Å². The molecule has 0 fully saturated rings. The Hall–Kier alpha value is -2.59. The van der Waals surface area contributed by atoms with Gasteiger partial charge in [0.15, 0.2) is 5.82 Å². The highest BCUT2D eigenvalue weighted by atomic mass is 15.3. The molecule has 110 valence electrons. The van der Waals surface area contributed by atoms with Gasteiger partial charge >= 0.3 is 0 Å². The number of para-hydroxylation sites is 2. The smallest absolute Gasteiger partial charge is 0.157 e. The van der Waals surface area contributed by atoms with Crippen LogP contribution < -0.4 is 10.6 Å².